The molecule has 1 aliphatic heterocycles. The number of ketones is 2. The van der Waals surface area contributed by atoms with Gasteiger partial charge in [-0.2, -0.15) is 0 Å². The van der Waals surface area contributed by atoms with Crippen LogP contribution in [0.15, 0.2) is 42.2 Å². The maximum absolute atomic E-state index is 14.0. The molecule has 0 amide bonds. The van der Waals surface area contributed by atoms with Crippen LogP contribution in [0.25, 0.3) is 0 Å². The van der Waals surface area contributed by atoms with Gasteiger partial charge >= 0.3 is 0 Å². The van der Waals surface area contributed by atoms with Crippen LogP contribution in [-0.2, 0) is 31.8 Å². The summed E-state index contributed by atoms with van der Waals surface area (Å²) in [4.78, 5) is 25.8. The van der Waals surface area contributed by atoms with E-state index in [4.69, 9.17) is 33.2 Å². The number of carbonyl (C=O) groups is 2. The smallest absolute Gasteiger partial charge is 0.174 e. The molecular formula is C42H60O9. The molecule has 0 bridgehead atoms. The van der Waals surface area contributed by atoms with Crippen molar-refractivity contribution in [2.75, 3.05) is 41.7 Å². The van der Waals surface area contributed by atoms with Gasteiger partial charge in [0.1, 0.15) is 53.6 Å². The van der Waals surface area contributed by atoms with Crippen LogP contribution in [0.1, 0.15) is 119 Å². The predicted molar refractivity (Wildman–Crippen MR) is 201 cm³/mol. The molecule has 0 radical (unpaired) electrons. The van der Waals surface area contributed by atoms with Gasteiger partial charge in [-0.3, -0.25) is 9.59 Å². The fourth-order valence-corrected chi connectivity index (χ4v) is 6.30. The molecule has 282 valence electrons. The molecule has 3 rings (SSSR count). The fourth-order valence-electron chi connectivity index (χ4n) is 6.30. The van der Waals surface area contributed by atoms with Crippen molar-refractivity contribution in [2.24, 2.45) is 0 Å². The van der Waals surface area contributed by atoms with Gasteiger partial charge < -0.3 is 33.2 Å². The summed E-state index contributed by atoms with van der Waals surface area (Å²) in [6, 6.07) is 5.74. The lowest BCUT2D eigenvalue weighted by atomic mass is 9.87. The lowest BCUT2D eigenvalue weighted by Crippen LogP contribution is -2.28. The summed E-state index contributed by atoms with van der Waals surface area (Å²) in [5, 5.41) is 0. The molecule has 0 aromatic heterocycles. The first-order valence-electron chi connectivity index (χ1n) is 17.9. The highest BCUT2D eigenvalue weighted by Crippen LogP contribution is 2.47. The minimum absolute atomic E-state index is 0.0535. The van der Waals surface area contributed by atoms with Crippen LogP contribution in [0, 0.1) is 6.92 Å². The molecular weight excluding hydrogens is 648 g/mol. The van der Waals surface area contributed by atoms with E-state index in [1.165, 1.54) is 5.57 Å². The molecule has 51 heavy (non-hydrogen) atoms. The molecule has 1 heterocycles. The Kier molecular flexibility index (Phi) is 15.2. The van der Waals surface area contributed by atoms with Crippen molar-refractivity contribution < 1.29 is 42.7 Å². The average molecular weight is 709 g/mol. The van der Waals surface area contributed by atoms with Crippen LogP contribution in [0.4, 0.5) is 0 Å². The van der Waals surface area contributed by atoms with Crippen molar-refractivity contribution in [3.05, 3.63) is 70.0 Å². The van der Waals surface area contributed by atoms with E-state index in [0.717, 1.165) is 47.3 Å². The summed E-state index contributed by atoms with van der Waals surface area (Å²) < 4.78 is 41.1. The number of allylic oxidation sites excluding steroid dienone is 2. The highest BCUT2D eigenvalue weighted by atomic mass is 16.5. The zero-order valence-electron chi connectivity index (χ0n) is 32.8. The van der Waals surface area contributed by atoms with Gasteiger partial charge in [-0.1, -0.05) is 31.2 Å². The number of benzene rings is 2. The number of rotatable bonds is 21. The first kappa shape index (κ1) is 41.6. The predicted octanol–water partition coefficient (Wildman–Crippen LogP) is 9.05. The Bertz CT molecular complexity index is 1570. The Morgan fingerprint density at radius 1 is 0.961 bits per heavy atom. The molecule has 1 unspecified atom stereocenters. The minimum atomic E-state index is -0.567. The van der Waals surface area contributed by atoms with E-state index < -0.39 is 11.7 Å². The summed E-state index contributed by atoms with van der Waals surface area (Å²) in [6.45, 7) is 18.4. The maximum Gasteiger partial charge on any atom is 0.174 e. The number of fused-ring (bicyclic) bond motifs is 1. The van der Waals surface area contributed by atoms with Gasteiger partial charge in [-0.25, -0.2) is 0 Å². The summed E-state index contributed by atoms with van der Waals surface area (Å²) in [5.41, 5.74) is 4.66. The van der Waals surface area contributed by atoms with Crippen LogP contribution in [0.2, 0.25) is 0 Å². The molecule has 1 aliphatic rings. The van der Waals surface area contributed by atoms with Crippen LogP contribution < -0.4 is 18.9 Å². The van der Waals surface area contributed by atoms with E-state index in [-0.39, 0.29) is 30.2 Å². The highest BCUT2D eigenvalue weighted by Gasteiger charge is 2.35. The van der Waals surface area contributed by atoms with Crippen molar-refractivity contribution in [2.45, 2.75) is 117 Å². The zero-order valence-corrected chi connectivity index (χ0v) is 32.8. The first-order chi connectivity index (χ1) is 24.1. The molecule has 0 aliphatic carbocycles. The van der Waals surface area contributed by atoms with Gasteiger partial charge in [-0.05, 0) is 103 Å². The van der Waals surface area contributed by atoms with Gasteiger partial charge in [-0.15, -0.1) is 0 Å². The van der Waals surface area contributed by atoms with E-state index in [1.54, 1.807) is 34.5 Å². The third-order valence-electron chi connectivity index (χ3n) is 9.71. The Morgan fingerprint density at radius 2 is 1.63 bits per heavy atom. The fraction of sp³-hybridized carbons (Fsp3) is 0.571. The summed E-state index contributed by atoms with van der Waals surface area (Å²) in [6.07, 6.45) is 6.94. The second kappa shape index (κ2) is 18.6. The van der Waals surface area contributed by atoms with E-state index in [0.29, 0.717) is 60.9 Å². The van der Waals surface area contributed by atoms with Crippen molar-refractivity contribution in [1.82, 2.24) is 0 Å². The van der Waals surface area contributed by atoms with Gasteiger partial charge in [0.25, 0.3) is 0 Å². The van der Waals surface area contributed by atoms with Crippen LogP contribution in [-0.4, -0.2) is 64.4 Å². The Balaban J connectivity index is 1.85. The molecule has 9 nitrogen and oxygen atoms in total. The Labute approximate surface area is 305 Å². The second-order valence-electron chi connectivity index (χ2n) is 14.5. The minimum Gasteiger partial charge on any atom is -0.499 e. The van der Waals surface area contributed by atoms with Gasteiger partial charge in [0.2, 0.25) is 0 Å². The number of carbonyl (C=O) groups excluding carboxylic acids is 2. The van der Waals surface area contributed by atoms with Gasteiger partial charge in [0, 0.05) is 18.1 Å². The molecule has 2 aromatic carbocycles. The lowest BCUT2D eigenvalue weighted by molar-refractivity contribution is -0.129. The Hall–Kier alpha value is -3.82. The highest BCUT2D eigenvalue weighted by molar-refractivity contribution is 6.03. The SMILES string of the molecule is C=C(COC(C)(C)CCC/C(C)=C/Cc1c(C2CC(=O)c3c(cc(OC)c(CCC(C)(C)OCC(=O)CC)c3OC)O2)ccc(OC)c1C)OC. The number of Topliss-reactive ketones (excluding diaryl/α,β-unsaturated/α-hetero) is 2. The number of methoxy groups -OCH3 is 4. The summed E-state index contributed by atoms with van der Waals surface area (Å²) in [5.74, 6) is 2.86. The quantitative estimate of drug-likeness (QED) is 0.0929. The molecule has 1 atom stereocenters. The lowest BCUT2D eigenvalue weighted by Gasteiger charge is -2.31. The largest absolute Gasteiger partial charge is 0.499 e. The molecule has 2 aromatic rings. The van der Waals surface area contributed by atoms with Gasteiger partial charge in [0.05, 0.1) is 46.1 Å². The van der Waals surface area contributed by atoms with Crippen molar-refractivity contribution in [3.63, 3.8) is 0 Å². The Morgan fingerprint density at radius 3 is 2.25 bits per heavy atom. The van der Waals surface area contributed by atoms with E-state index in [9.17, 15) is 9.59 Å². The summed E-state index contributed by atoms with van der Waals surface area (Å²) in [7, 11) is 6.43. The zero-order chi connectivity index (χ0) is 37.9. The van der Waals surface area contributed by atoms with Crippen LogP contribution in [0.5, 0.6) is 23.0 Å². The number of hydrogen-bond donors (Lipinski definition) is 0. The first-order valence-corrected chi connectivity index (χ1v) is 17.9. The molecule has 0 fully saturated rings. The normalized spacial score (nSPS) is 14.8. The van der Waals surface area contributed by atoms with Crippen LogP contribution in [0.3, 0.4) is 0 Å². The number of hydrogen-bond acceptors (Lipinski definition) is 9. The standard InChI is InChI=1S/C42H60O9/c1-13-30(43)26-50-42(7,8)22-20-33-36(47-11)24-38-39(40(33)48-12)34(44)23-37(51-38)32-18-19-35(46-10)29(4)31(32)17-16-27(2)15-14-21-41(5,6)49-25-28(3)45-9/h16,18-19,24,37H,3,13-15,17,20-23,25-26H2,1-2,4-12H3/b27-16+. The molecule has 0 spiro atoms. The summed E-state index contributed by atoms with van der Waals surface area (Å²) >= 11 is 0. The van der Waals surface area contributed by atoms with Crippen molar-refractivity contribution in [3.8, 4) is 23.0 Å². The topological polar surface area (TPSA) is 98.8 Å². The molecule has 9 heteroatoms. The monoisotopic (exact) mass is 708 g/mol. The third-order valence-corrected chi connectivity index (χ3v) is 9.71. The second-order valence-corrected chi connectivity index (χ2v) is 14.5. The van der Waals surface area contributed by atoms with Crippen LogP contribution >= 0.6 is 0 Å². The van der Waals surface area contributed by atoms with Gasteiger partial charge in [0.15, 0.2) is 11.6 Å². The van der Waals surface area contributed by atoms with E-state index in [2.05, 4.69) is 40.3 Å². The van der Waals surface area contributed by atoms with Crippen molar-refractivity contribution >= 4 is 11.6 Å². The maximum atomic E-state index is 14.0. The third kappa shape index (κ3) is 11.3. The molecule has 0 saturated carbocycles. The number of ether oxygens (including phenoxy) is 7. The van der Waals surface area contributed by atoms with E-state index >= 15 is 0 Å². The average Bonchev–Trinajstić information content (AvgIpc) is 3.10. The van der Waals surface area contributed by atoms with E-state index in [1.807, 2.05) is 32.9 Å². The van der Waals surface area contributed by atoms with Crippen molar-refractivity contribution in [1.29, 1.82) is 0 Å². The molecule has 0 N–H and O–H groups in total. The molecule has 0 saturated heterocycles.